The van der Waals surface area contributed by atoms with E-state index in [0.717, 1.165) is 37.3 Å². The van der Waals surface area contributed by atoms with Gasteiger partial charge in [-0.1, -0.05) is 27.2 Å². The number of hydrogen-bond donors (Lipinski definition) is 2. The van der Waals surface area contributed by atoms with Crippen molar-refractivity contribution in [3.63, 3.8) is 0 Å². The van der Waals surface area contributed by atoms with Crippen LogP contribution in [0.1, 0.15) is 66.7 Å². The molecule has 3 aliphatic rings. The average molecular weight is 437 g/mol. The van der Waals surface area contributed by atoms with Gasteiger partial charge < -0.3 is 15.4 Å². The van der Waals surface area contributed by atoms with Crippen molar-refractivity contribution in [3.05, 3.63) is 0 Å². The van der Waals surface area contributed by atoms with Crippen LogP contribution in [0.25, 0.3) is 0 Å². The molecule has 176 valence electrons. The summed E-state index contributed by atoms with van der Waals surface area (Å²) in [6, 6.07) is -0.444. The van der Waals surface area contributed by atoms with Crippen molar-refractivity contribution >= 4 is 17.8 Å². The number of nitrogens with one attached hydrogen (secondary N) is 2. The van der Waals surface area contributed by atoms with Crippen LogP contribution in [0, 0.1) is 11.3 Å². The van der Waals surface area contributed by atoms with Gasteiger partial charge >= 0.3 is 6.03 Å². The van der Waals surface area contributed by atoms with Crippen molar-refractivity contribution in [2.24, 2.45) is 11.3 Å². The molecule has 2 heterocycles. The molecule has 0 aromatic carbocycles. The average Bonchev–Trinajstić information content (AvgIpc) is 2.97. The molecule has 2 aliphatic heterocycles. The van der Waals surface area contributed by atoms with Gasteiger partial charge in [-0.05, 0) is 50.9 Å². The lowest BCUT2D eigenvalue weighted by molar-refractivity contribution is -0.136. The molecule has 2 saturated heterocycles. The highest BCUT2D eigenvalue weighted by molar-refractivity contribution is 6.09. The predicted molar refractivity (Wildman–Crippen MR) is 118 cm³/mol. The zero-order valence-corrected chi connectivity index (χ0v) is 19.9. The van der Waals surface area contributed by atoms with E-state index in [2.05, 4.69) is 50.2 Å². The summed E-state index contributed by atoms with van der Waals surface area (Å²) < 4.78 is 5.40. The first-order valence-electron chi connectivity index (χ1n) is 11.7. The van der Waals surface area contributed by atoms with Crippen LogP contribution < -0.4 is 10.6 Å². The molecule has 31 heavy (non-hydrogen) atoms. The maximum atomic E-state index is 13.1. The van der Waals surface area contributed by atoms with Gasteiger partial charge in [0.1, 0.15) is 12.1 Å². The Bertz CT molecular complexity index is 692. The first kappa shape index (κ1) is 24.0. The van der Waals surface area contributed by atoms with Gasteiger partial charge in [-0.15, -0.1) is 0 Å². The molecule has 3 fully saturated rings. The molecule has 2 N–H and O–H groups in total. The molecule has 1 spiro atoms. The zero-order valence-electron chi connectivity index (χ0n) is 19.9. The summed E-state index contributed by atoms with van der Waals surface area (Å²) in [6.07, 6.45) is 4.22. The minimum absolute atomic E-state index is 0.220. The maximum Gasteiger partial charge on any atom is 0.325 e. The predicted octanol–water partition coefficient (Wildman–Crippen LogP) is 2.13. The lowest BCUT2D eigenvalue weighted by Crippen LogP contribution is -2.56. The van der Waals surface area contributed by atoms with Crippen LogP contribution in [0.4, 0.5) is 4.79 Å². The Morgan fingerprint density at radius 1 is 1.16 bits per heavy atom. The standard InChI is InChI=1S/C23H40N4O4/c1-6-21(2,3)17-7-9-23(10-8-17)19(29)27(20(30)25-23)15-18(28)24-16-22(4,5)26-11-13-31-14-12-26/h17H,6-16H2,1-5H3,(H,24,28)(H,25,30). The highest BCUT2D eigenvalue weighted by Gasteiger charge is 2.53. The van der Waals surface area contributed by atoms with E-state index < -0.39 is 11.6 Å². The summed E-state index contributed by atoms with van der Waals surface area (Å²) in [5.74, 6) is 0.00289. The maximum absolute atomic E-state index is 13.1. The highest BCUT2D eigenvalue weighted by atomic mass is 16.5. The Hall–Kier alpha value is -1.67. The number of carbonyl (C=O) groups excluding carboxylic acids is 3. The van der Waals surface area contributed by atoms with E-state index in [1.54, 1.807) is 0 Å². The van der Waals surface area contributed by atoms with Gasteiger partial charge in [-0.2, -0.15) is 0 Å². The zero-order chi connectivity index (χ0) is 22.9. The smallest absolute Gasteiger partial charge is 0.325 e. The molecule has 3 rings (SSSR count). The second-order valence-corrected chi connectivity index (χ2v) is 10.7. The van der Waals surface area contributed by atoms with E-state index in [0.29, 0.717) is 38.5 Å². The summed E-state index contributed by atoms with van der Waals surface area (Å²) in [6.45, 7) is 14.2. The fraction of sp³-hybridized carbons (Fsp3) is 0.870. The number of carbonyl (C=O) groups is 3. The van der Waals surface area contributed by atoms with E-state index in [9.17, 15) is 14.4 Å². The Morgan fingerprint density at radius 2 is 1.77 bits per heavy atom. The van der Waals surface area contributed by atoms with Gasteiger partial charge in [-0.25, -0.2) is 4.79 Å². The van der Waals surface area contributed by atoms with Gasteiger partial charge in [-0.3, -0.25) is 19.4 Å². The lowest BCUT2D eigenvalue weighted by atomic mass is 9.65. The number of urea groups is 1. The van der Waals surface area contributed by atoms with Crippen molar-refractivity contribution in [2.45, 2.75) is 77.8 Å². The largest absolute Gasteiger partial charge is 0.379 e. The quantitative estimate of drug-likeness (QED) is 0.597. The molecule has 1 aliphatic carbocycles. The third-order valence-electron chi connectivity index (χ3n) is 7.99. The third kappa shape index (κ3) is 5.06. The Kier molecular flexibility index (Phi) is 7.01. The van der Waals surface area contributed by atoms with Crippen LogP contribution in [-0.2, 0) is 14.3 Å². The van der Waals surface area contributed by atoms with Gasteiger partial charge in [0.05, 0.1) is 13.2 Å². The molecule has 4 amide bonds. The lowest BCUT2D eigenvalue weighted by Gasteiger charge is -2.42. The SMILES string of the molecule is CCC(C)(C)C1CCC2(CC1)NC(=O)N(CC(=O)NCC(C)(C)N1CCOCC1)C2=O. The normalized spacial score (nSPS) is 28.2. The van der Waals surface area contributed by atoms with Crippen LogP contribution in [0.2, 0.25) is 0 Å². The van der Waals surface area contributed by atoms with E-state index in [1.165, 1.54) is 0 Å². The summed E-state index contributed by atoms with van der Waals surface area (Å²) in [5.41, 5.74) is -0.812. The van der Waals surface area contributed by atoms with Crippen LogP contribution in [0.5, 0.6) is 0 Å². The molecular formula is C23H40N4O4. The van der Waals surface area contributed by atoms with Gasteiger partial charge in [0.15, 0.2) is 0 Å². The first-order chi connectivity index (χ1) is 14.5. The van der Waals surface area contributed by atoms with Crippen molar-refractivity contribution in [1.82, 2.24) is 20.4 Å². The summed E-state index contributed by atoms with van der Waals surface area (Å²) in [4.78, 5) is 41.7. The summed E-state index contributed by atoms with van der Waals surface area (Å²) in [5, 5.41) is 5.84. The number of hydrogen-bond acceptors (Lipinski definition) is 5. The topological polar surface area (TPSA) is 91.0 Å². The monoisotopic (exact) mass is 436 g/mol. The molecular weight excluding hydrogens is 396 g/mol. The molecule has 1 saturated carbocycles. The molecule has 8 heteroatoms. The van der Waals surface area contributed by atoms with E-state index in [-0.39, 0.29) is 29.3 Å². The van der Waals surface area contributed by atoms with E-state index in [1.807, 2.05) is 0 Å². The van der Waals surface area contributed by atoms with Gasteiger partial charge in [0.2, 0.25) is 5.91 Å². The molecule has 0 aromatic rings. The van der Waals surface area contributed by atoms with Crippen LogP contribution in [0.3, 0.4) is 0 Å². The van der Waals surface area contributed by atoms with Gasteiger partial charge in [0, 0.05) is 25.2 Å². The highest BCUT2D eigenvalue weighted by Crippen LogP contribution is 2.45. The number of amides is 4. The molecule has 0 atom stereocenters. The first-order valence-corrected chi connectivity index (χ1v) is 11.7. The van der Waals surface area contributed by atoms with Crippen molar-refractivity contribution < 1.29 is 19.1 Å². The molecule has 8 nitrogen and oxygen atoms in total. The summed E-state index contributed by atoms with van der Waals surface area (Å²) >= 11 is 0. The van der Waals surface area contributed by atoms with Crippen molar-refractivity contribution in [1.29, 1.82) is 0 Å². The van der Waals surface area contributed by atoms with E-state index in [4.69, 9.17) is 4.74 Å². The minimum Gasteiger partial charge on any atom is -0.379 e. The van der Waals surface area contributed by atoms with Crippen molar-refractivity contribution in [3.8, 4) is 0 Å². The van der Waals surface area contributed by atoms with Crippen molar-refractivity contribution in [2.75, 3.05) is 39.4 Å². The number of ether oxygens (including phenoxy) is 1. The van der Waals surface area contributed by atoms with Crippen LogP contribution in [-0.4, -0.2) is 78.1 Å². The number of rotatable bonds is 7. The minimum atomic E-state index is -0.829. The molecule has 0 aromatic heterocycles. The fourth-order valence-electron chi connectivity index (χ4n) is 5.13. The van der Waals surface area contributed by atoms with Crippen LogP contribution >= 0.6 is 0 Å². The van der Waals surface area contributed by atoms with E-state index >= 15 is 0 Å². The number of nitrogens with zero attached hydrogens (tertiary/aromatic N) is 2. The molecule has 0 radical (unpaired) electrons. The molecule has 0 unspecified atom stereocenters. The Balaban J connectivity index is 1.53. The van der Waals surface area contributed by atoms with Gasteiger partial charge in [0.25, 0.3) is 5.91 Å². The second kappa shape index (κ2) is 9.06. The Labute approximate surface area is 186 Å². The third-order valence-corrected chi connectivity index (χ3v) is 7.99. The fourth-order valence-corrected chi connectivity index (χ4v) is 5.13. The Morgan fingerprint density at radius 3 is 2.35 bits per heavy atom. The second-order valence-electron chi connectivity index (χ2n) is 10.7. The number of imide groups is 1. The number of morpholine rings is 1. The van der Waals surface area contributed by atoms with Crippen LogP contribution in [0.15, 0.2) is 0 Å². The summed E-state index contributed by atoms with van der Waals surface area (Å²) in [7, 11) is 0. The molecule has 0 bridgehead atoms.